The second kappa shape index (κ2) is 3.73. The molecule has 0 atom stereocenters. The highest BCUT2D eigenvalue weighted by Gasteiger charge is 1.97. The molecule has 0 fully saturated rings. The van der Waals surface area contributed by atoms with E-state index in [1.54, 1.807) is 6.08 Å². The Kier molecular flexibility index (Phi) is 3.60. The molecule has 0 aliphatic rings. The molecule has 60 valence electrons. The Labute approximate surface area is 62.0 Å². The third kappa shape index (κ3) is 5.78. The van der Waals surface area contributed by atoms with Crippen molar-refractivity contribution >= 4 is 10.0 Å². The number of allylic oxidation sites excluding steroid dienone is 1. The van der Waals surface area contributed by atoms with Crippen molar-refractivity contribution in [3.05, 3.63) is 11.6 Å². The molecule has 0 aromatic carbocycles. The fourth-order valence-corrected chi connectivity index (χ4v) is 0.920. The molecular weight excluding hydrogens is 150 g/mol. The van der Waals surface area contributed by atoms with Gasteiger partial charge in [0.2, 0.25) is 10.0 Å². The number of primary sulfonamides is 1. The standard InChI is InChI=1S/C6H13NO2S/c1-3-6(2)4-5-10(7,8)9/h4H,3,5H2,1-2H3,(H2,7,8,9)/b6-4-. The van der Waals surface area contributed by atoms with Gasteiger partial charge in [-0.3, -0.25) is 0 Å². The van der Waals surface area contributed by atoms with E-state index in [-0.39, 0.29) is 5.75 Å². The van der Waals surface area contributed by atoms with E-state index in [4.69, 9.17) is 5.14 Å². The van der Waals surface area contributed by atoms with Gasteiger partial charge in [-0.2, -0.15) is 0 Å². The van der Waals surface area contributed by atoms with Crippen molar-refractivity contribution in [3.63, 3.8) is 0 Å². The van der Waals surface area contributed by atoms with Crippen LogP contribution in [0.25, 0.3) is 0 Å². The minimum absolute atomic E-state index is 0.0489. The van der Waals surface area contributed by atoms with Crippen LogP contribution in [0.5, 0.6) is 0 Å². The average molecular weight is 163 g/mol. The number of hydrogen-bond donors (Lipinski definition) is 1. The normalized spacial score (nSPS) is 13.7. The van der Waals surface area contributed by atoms with E-state index in [0.29, 0.717) is 0 Å². The maximum atomic E-state index is 10.4. The fourth-order valence-electron chi connectivity index (χ4n) is 0.403. The predicted octanol–water partition coefficient (Wildman–Crippen LogP) is 0.631. The highest BCUT2D eigenvalue weighted by atomic mass is 32.2. The third-order valence-corrected chi connectivity index (χ3v) is 1.85. The van der Waals surface area contributed by atoms with Crippen LogP contribution in [0.1, 0.15) is 20.3 Å². The molecule has 10 heavy (non-hydrogen) atoms. The molecule has 0 heterocycles. The number of hydrogen-bond acceptors (Lipinski definition) is 2. The summed E-state index contributed by atoms with van der Waals surface area (Å²) < 4.78 is 20.8. The summed E-state index contributed by atoms with van der Waals surface area (Å²) in [6.07, 6.45) is 2.50. The molecule has 3 nitrogen and oxygen atoms in total. The monoisotopic (exact) mass is 163 g/mol. The topological polar surface area (TPSA) is 60.2 Å². The molecular formula is C6H13NO2S. The molecule has 0 saturated heterocycles. The van der Waals surface area contributed by atoms with Gasteiger partial charge in [-0.05, 0) is 13.3 Å². The molecule has 0 bridgehead atoms. The first-order chi connectivity index (χ1) is 4.45. The molecule has 0 amide bonds. The van der Waals surface area contributed by atoms with Gasteiger partial charge >= 0.3 is 0 Å². The van der Waals surface area contributed by atoms with Crippen molar-refractivity contribution in [1.29, 1.82) is 0 Å². The molecule has 4 heteroatoms. The summed E-state index contributed by atoms with van der Waals surface area (Å²) in [5.41, 5.74) is 1.05. The molecule has 0 rings (SSSR count). The summed E-state index contributed by atoms with van der Waals surface area (Å²) in [7, 11) is -3.31. The maximum absolute atomic E-state index is 10.4. The molecule has 0 unspecified atom stereocenters. The molecule has 2 N–H and O–H groups in total. The smallest absolute Gasteiger partial charge is 0.212 e. The van der Waals surface area contributed by atoms with Crippen molar-refractivity contribution in [2.75, 3.05) is 5.75 Å². The molecule has 0 aromatic rings. The average Bonchev–Trinajstić information content (AvgIpc) is 1.81. The molecule has 0 spiro atoms. The minimum Gasteiger partial charge on any atom is -0.228 e. The molecule has 0 aliphatic heterocycles. The zero-order valence-corrected chi connectivity index (χ0v) is 7.11. The molecule has 0 saturated carbocycles. The van der Waals surface area contributed by atoms with E-state index in [1.165, 1.54) is 0 Å². The lowest BCUT2D eigenvalue weighted by Gasteiger charge is -1.93. The Hall–Kier alpha value is -0.350. The van der Waals surface area contributed by atoms with E-state index in [9.17, 15) is 8.42 Å². The van der Waals surface area contributed by atoms with Gasteiger partial charge in [-0.25, -0.2) is 13.6 Å². The highest BCUT2D eigenvalue weighted by molar-refractivity contribution is 7.89. The predicted molar refractivity (Wildman–Crippen MR) is 42.0 cm³/mol. The second-order valence-corrected chi connectivity index (χ2v) is 3.89. The van der Waals surface area contributed by atoms with Gasteiger partial charge in [0.15, 0.2) is 0 Å². The van der Waals surface area contributed by atoms with Gasteiger partial charge in [0.25, 0.3) is 0 Å². The highest BCUT2D eigenvalue weighted by Crippen LogP contribution is 1.97. The Morgan fingerprint density at radius 2 is 2.10 bits per heavy atom. The lowest BCUT2D eigenvalue weighted by atomic mass is 10.2. The molecule has 0 aromatic heterocycles. The van der Waals surface area contributed by atoms with Crippen molar-refractivity contribution in [2.45, 2.75) is 20.3 Å². The van der Waals surface area contributed by atoms with Crippen molar-refractivity contribution in [2.24, 2.45) is 5.14 Å². The summed E-state index contributed by atoms with van der Waals surface area (Å²) in [5, 5.41) is 4.77. The van der Waals surface area contributed by atoms with E-state index < -0.39 is 10.0 Å². The van der Waals surface area contributed by atoms with Crippen molar-refractivity contribution in [3.8, 4) is 0 Å². The first-order valence-corrected chi connectivity index (χ1v) is 4.83. The van der Waals surface area contributed by atoms with E-state index in [2.05, 4.69) is 0 Å². The van der Waals surface area contributed by atoms with Gasteiger partial charge < -0.3 is 0 Å². The quantitative estimate of drug-likeness (QED) is 0.620. The van der Waals surface area contributed by atoms with Crippen LogP contribution in [0.3, 0.4) is 0 Å². The van der Waals surface area contributed by atoms with E-state index >= 15 is 0 Å². The van der Waals surface area contributed by atoms with Gasteiger partial charge in [-0.1, -0.05) is 18.6 Å². The van der Waals surface area contributed by atoms with Gasteiger partial charge in [0.1, 0.15) is 0 Å². The zero-order chi connectivity index (χ0) is 8.20. The Bertz CT molecular complexity index is 216. The molecule has 0 radical (unpaired) electrons. The lowest BCUT2D eigenvalue weighted by molar-refractivity contribution is 0.600. The molecule has 0 aliphatic carbocycles. The van der Waals surface area contributed by atoms with Crippen LogP contribution in [-0.2, 0) is 10.0 Å². The van der Waals surface area contributed by atoms with Crippen molar-refractivity contribution < 1.29 is 8.42 Å². The first kappa shape index (κ1) is 9.65. The summed E-state index contributed by atoms with van der Waals surface area (Å²) in [6.45, 7) is 3.85. The largest absolute Gasteiger partial charge is 0.228 e. The van der Waals surface area contributed by atoms with Crippen LogP contribution < -0.4 is 5.14 Å². The number of sulfonamides is 1. The summed E-state index contributed by atoms with van der Waals surface area (Å²) >= 11 is 0. The lowest BCUT2D eigenvalue weighted by Crippen LogP contribution is -2.14. The minimum atomic E-state index is -3.31. The van der Waals surface area contributed by atoms with Crippen LogP contribution in [0.2, 0.25) is 0 Å². The van der Waals surface area contributed by atoms with Crippen LogP contribution in [0.4, 0.5) is 0 Å². The number of nitrogens with two attached hydrogens (primary N) is 1. The van der Waals surface area contributed by atoms with E-state index in [1.807, 2.05) is 13.8 Å². The fraction of sp³-hybridized carbons (Fsp3) is 0.667. The van der Waals surface area contributed by atoms with Crippen LogP contribution in [0, 0.1) is 0 Å². The summed E-state index contributed by atoms with van der Waals surface area (Å²) in [5.74, 6) is -0.0489. The van der Waals surface area contributed by atoms with Crippen molar-refractivity contribution in [1.82, 2.24) is 0 Å². The van der Waals surface area contributed by atoms with E-state index in [0.717, 1.165) is 12.0 Å². The Morgan fingerprint density at radius 1 is 1.60 bits per heavy atom. The SMILES string of the molecule is CC/C(C)=C\CS(N)(=O)=O. The third-order valence-electron chi connectivity index (χ3n) is 1.22. The van der Waals surface area contributed by atoms with Crippen LogP contribution in [-0.4, -0.2) is 14.2 Å². The first-order valence-electron chi connectivity index (χ1n) is 3.12. The number of rotatable bonds is 3. The second-order valence-electron chi connectivity index (χ2n) is 2.23. The Balaban J connectivity index is 3.98. The Morgan fingerprint density at radius 3 is 2.40 bits per heavy atom. The maximum Gasteiger partial charge on any atom is 0.212 e. The summed E-state index contributed by atoms with van der Waals surface area (Å²) in [6, 6.07) is 0. The van der Waals surface area contributed by atoms with Crippen LogP contribution in [0.15, 0.2) is 11.6 Å². The van der Waals surface area contributed by atoms with Gasteiger partial charge in [-0.15, -0.1) is 0 Å². The van der Waals surface area contributed by atoms with Crippen LogP contribution >= 0.6 is 0 Å². The summed E-state index contributed by atoms with van der Waals surface area (Å²) in [4.78, 5) is 0. The van der Waals surface area contributed by atoms with Gasteiger partial charge in [0, 0.05) is 0 Å². The van der Waals surface area contributed by atoms with Gasteiger partial charge in [0.05, 0.1) is 5.75 Å². The zero-order valence-electron chi connectivity index (χ0n) is 6.29.